The second-order valence-electron chi connectivity index (χ2n) is 6.96. The van der Waals surface area contributed by atoms with Crippen molar-refractivity contribution in [3.05, 3.63) is 29.1 Å². The first-order chi connectivity index (χ1) is 11.5. The van der Waals surface area contributed by atoms with Crippen LogP contribution in [0.5, 0.6) is 0 Å². The molecule has 0 spiro atoms. The van der Waals surface area contributed by atoms with Gasteiger partial charge in [0.05, 0.1) is 5.69 Å². The third-order valence-electron chi connectivity index (χ3n) is 4.42. The number of aromatic nitrogens is 2. The van der Waals surface area contributed by atoms with Gasteiger partial charge in [-0.1, -0.05) is 25.5 Å². The number of guanidine groups is 1. The Morgan fingerprint density at radius 2 is 2.25 bits per heavy atom. The number of nitrogens with one attached hydrogen (secondary N) is 1. The van der Waals surface area contributed by atoms with Crippen molar-refractivity contribution in [1.82, 2.24) is 20.0 Å². The molecule has 0 aromatic carbocycles. The van der Waals surface area contributed by atoms with Gasteiger partial charge >= 0.3 is 0 Å². The monoisotopic (exact) mass is 331 g/mol. The number of allylic oxidation sites excluding steroid dienone is 1. The topological polar surface area (TPSA) is 45.5 Å². The van der Waals surface area contributed by atoms with Gasteiger partial charge in [-0.15, -0.1) is 0 Å². The van der Waals surface area contributed by atoms with E-state index in [2.05, 4.69) is 55.4 Å². The minimum Gasteiger partial charge on any atom is -0.357 e. The molecule has 0 fully saturated rings. The van der Waals surface area contributed by atoms with E-state index >= 15 is 0 Å². The highest BCUT2D eigenvalue weighted by atomic mass is 15.3. The zero-order chi connectivity index (χ0) is 17.5. The Hall–Kier alpha value is -1.78. The first-order valence-electron chi connectivity index (χ1n) is 9.21. The summed E-state index contributed by atoms with van der Waals surface area (Å²) in [6, 6.07) is 0. The summed E-state index contributed by atoms with van der Waals surface area (Å²) in [6.07, 6.45) is 9.42. The van der Waals surface area contributed by atoms with Crippen molar-refractivity contribution in [2.75, 3.05) is 20.1 Å². The number of rotatable bonds is 7. The molecule has 0 aliphatic heterocycles. The van der Waals surface area contributed by atoms with Gasteiger partial charge in [-0.3, -0.25) is 9.67 Å². The summed E-state index contributed by atoms with van der Waals surface area (Å²) in [7, 11) is 4.09. The zero-order valence-electron chi connectivity index (χ0n) is 16.0. The highest BCUT2D eigenvalue weighted by Gasteiger charge is 2.15. The molecule has 134 valence electrons. The van der Waals surface area contributed by atoms with Crippen LogP contribution in [0.3, 0.4) is 0 Å². The van der Waals surface area contributed by atoms with Crippen LogP contribution in [0.1, 0.15) is 63.6 Å². The van der Waals surface area contributed by atoms with E-state index in [4.69, 9.17) is 4.99 Å². The Kier molecular flexibility index (Phi) is 6.88. The summed E-state index contributed by atoms with van der Waals surface area (Å²) in [5, 5.41) is 8.02. The molecule has 0 saturated heterocycles. The molecule has 24 heavy (non-hydrogen) atoms. The lowest BCUT2D eigenvalue weighted by Gasteiger charge is -2.22. The Morgan fingerprint density at radius 3 is 2.88 bits per heavy atom. The van der Waals surface area contributed by atoms with Gasteiger partial charge in [0.2, 0.25) is 0 Å². The molecule has 1 aliphatic carbocycles. The Labute approximate surface area is 146 Å². The molecule has 2 rings (SSSR count). The highest BCUT2D eigenvalue weighted by Crippen LogP contribution is 2.21. The summed E-state index contributed by atoms with van der Waals surface area (Å²) in [4.78, 5) is 7.02. The smallest absolute Gasteiger partial charge is 0.193 e. The van der Waals surface area contributed by atoms with Crippen molar-refractivity contribution in [3.8, 4) is 0 Å². The summed E-state index contributed by atoms with van der Waals surface area (Å²) in [5.41, 5.74) is 4.03. The average molecular weight is 332 g/mol. The fourth-order valence-electron chi connectivity index (χ4n) is 3.23. The first-order valence-corrected chi connectivity index (χ1v) is 9.21. The lowest BCUT2D eigenvalue weighted by Crippen LogP contribution is -2.38. The van der Waals surface area contributed by atoms with Gasteiger partial charge < -0.3 is 10.2 Å². The van der Waals surface area contributed by atoms with Crippen LogP contribution in [0.15, 0.2) is 22.8 Å². The molecule has 5 heteroatoms. The van der Waals surface area contributed by atoms with Crippen LogP contribution in [-0.2, 0) is 13.6 Å². The molecule has 0 saturated carbocycles. The van der Waals surface area contributed by atoms with Gasteiger partial charge in [-0.05, 0) is 38.5 Å². The lowest BCUT2D eigenvalue weighted by molar-refractivity contribution is 0.473. The third kappa shape index (κ3) is 5.11. The van der Waals surface area contributed by atoms with Crippen LogP contribution >= 0.6 is 0 Å². The maximum absolute atomic E-state index is 4.82. The van der Waals surface area contributed by atoms with Crippen molar-refractivity contribution in [3.63, 3.8) is 0 Å². The van der Waals surface area contributed by atoms with Crippen molar-refractivity contribution >= 4 is 5.96 Å². The molecule has 1 aliphatic rings. The largest absolute Gasteiger partial charge is 0.357 e. The molecule has 0 unspecified atom stereocenters. The quantitative estimate of drug-likeness (QED) is 0.473. The van der Waals surface area contributed by atoms with Crippen LogP contribution in [0.25, 0.3) is 0 Å². The fourth-order valence-corrected chi connectivity index (χ4v) is 3.23. The molecular formula is C19H33N5. The third-order valence-corrected chi connectivity index (χ3v) is 4.42. The van der Waals surface area contributed by atoms with E-state index in [1.54, 1.807) is 5.57 Å². The van der Waals surface area contributed by atoms with E-state index in [0.717, 1.165) is 32.0 Å². The SMILES string of the molecule is CCNC(=NCCC1=CCCC1)N(C)Cc1cn(C)nc1C(C)C. The summed E-state index contributed by atoms with van der Waals surface area (Å²) in [5.74, 6) is 1.41. The standard InChI is InChI=1S/C19H33N5/c1-6-20-19(21-12-11-16-9-7-8-10-16)23(4)13-17-14-24(5)22-18(17)15(2)3/h9,14-15H,6-8,10-13H2,1-5H3,(H,20,21). The number of aryl methyl sites for hydroxylation is 1. The van der Waals surface area contributed by atoms with Gasteiger partial charge in [0.25, 0.3) is 0 Å². The normalized spacial score (nSPS) is 15.1. The van der Waals surface area contributed by atoms with Crippen molar-refractivity contribution in [2.45, 2.75) is 58.9 Å². The predicted molar refractivity (Wildman–Crippen MR) is 101 cm³/mol. The van der Waals surface area contributed by atoms with Gasteiger partial charge in [0.15, 0.2) is 5.96 Å². The van der Waals surface area contributed by atoms with Crippen LogP contribution in [0.4, 0.5) is 0 Å². The Morgan fingerprint density at radius 1 is 1.46 bits per heavy atom. The van der Waals surface area contributed by atoms with Gasteiger partial charge in [-0.25, -0.2) is 0 Å². The van der Waals surface area contributed by atoms with E-state index < -0.39 is 0 Å². The number of aliphatic imine (C=N–C) groups is 1. The molecule has 1 heterocycles. The maximum atomic E-state index is 4.82. The second-order valence-corrected chi connectivity index (χ2v) is 6.96. The van der Waals surface area contributed by atoms with Crippen LogP contribution in [0.2, 0.25) is 0 Å². The molecule has 0 atom stereocenters. The molecule has 1 N–H and O–H groups in total. The second kappa shape index (κ2) is 8.90. The predicted octanol–water partition coefficient (Wildman–Crippen LogP) is 3.44. The van der Waals surface area contributed by atoms with E-state index in [-0.39, 0.29) is 0 Å². The van der Waals surface area contributed by atoms with E-state index in [1.807, 2.05) is 11.7 Å². The minimum atomic E-state index is 0.434. The first kappa shape index (κ1) is 18.6. The Bertz CT molecular complexity index is 583. The van der Waals surface area contributed by atoms with E-state index in [9.17, 15) is 0 Å². The summed E-state index contributed by atoms with van der Waals surface area (Å²) >= 11 is 0. The summed E-state index contributed by atoms with van der Waals surface area (Å²) < 4.78 is 1.91. The van der Waals surface area contributed by atoms with E-state index in [0.29, 0.717) is 5.92 Å². The molecule has 0 radical (unpaired) electrons. The number of hydrogen-bond donors (Lipinski definition) is 1. The summed E-state index contributed by atoms with van der Waals surface area (Å²) in [6.45, 7) is 9.09. The lowest BCUT2D eigenvalue weighted by atomic mass is 10.1. The van der Waals surface area contributed by atoms with Crippen LogP contribution < -0.4 is 5.32 Å². The van der Waals surface area contributed by atoms with Gasteiger partial charge in [-0.2, -0.15) is 5.10 Å². The maximum Gasteiger partial charge on any atom is 0.193 e. The van der Waals surface area contributed by atoms with E-state index in [1.165, 1.54) is 30.5 Å². The molecule has 0 bridgehead atoms. The van der Waals surface area contributed by atoms with Gasteiger partial charge in [0, 0.05) is 45.5 Å². The van der Waals surface area contributed by atoms with Crippen LogP contribution in [-0.4, -0.2) is 40.8 Å². The fraction of sp³-hybridized carbons (Fsp3) is 0.684. The molecule has 1 aromatic rings. The molecule has 5 nitrogen and oxygen atoms in total. The van der Waals surface area contributed by atoms with Crippen LogP contribution in [0, 0.1) is 0 Å². The molecule has 0 amide bonds. The van der Waals surface area contributed by atoms with Crippen molar-refractivity contribution in [1.29, 1.82) is 0 Å². The average Bonchev–Trinajstić information content (AvgIpc) is 3.16. The minimum absolute atomic E-state index is 0.434. The van der Waals surface area contributed by atoms with Gasteiger partial charge in [0.1, 0.15) is 0 Å². The molecule has 1 aromatic heterocycles. The molecular weight excluding hydrogens is 298 g/mol. The number of nitrogens with zero attached hydrogens (tertiary/aromatic N) is 4. The Balaban J connectivity index is 2.01. The number of hydrogen-bond acceptors (Lipinski definition) is 2. The zero-order valence-corrected chi connectivity index (χ0v) is 16.0. The van der Waals surface area contributed by atoms with Crippen molar-refractivity contribution < 1.29 is 0 Å². The van der Waals surface area contributed by atoms with Crippen molar-refractivity contribution in [2.24, 2.45) is 12.0 Å². The highest BCUT2D eigenvalue weighted by molar-refractivity contribution is 5.79.